The molecule has 0 radical (unpaired) electrons. The maximum absolute atomic E-state index is 11.0. The molecule has 6 heteroatoms. The average Bonchev–Trinajstić information content (AvgIpc) is 3.23. The standard InChI is InChI=1S/C12H14N2O4/c15-14(16)12-4-2-1-3-11(12)13(5-9-7-17-9)6-10-8-18-10/h1-4,9-10H,5-8H2/t9-,10?/m1/s1. The SMILES string of the molecule is O=[N+]([O-])c1ccccc1N(CC1CO1)C[C@@H]1CO1. The Morgan fingerprint density at radius 3 is 2.28 bits per heavy atom. The Labute approximate surface area is 104 Å². The molecule has 0 aromatic heterocycles. The van der Waals surface area contributed by atoms with E-state index < -0.39 is 0 Å². The fraction of sp³-hybridized carbons (Fsp3) is 0.500. The summed E-state index contributed by atoms with van der Waals surface area (Å²) in [6.07, 6.45) is 0.395. The normalized spacial score (nSPS) is 24.7. The Morgan fingerprint density at radius 2 is 1.78 bits per heavy atom. The maximum Gasteiger partial charge on any atom is 0.292 e. The van der Waals surface area contributed by atoms with Crippen molar-refractivity contribution >= 4 is 11.4 Å². The van der Waals surface area contributed by atoms with Gasteiger partial charge in [0, 0.05) is 19.2 Å². The van der Waals surface area contributed by atoms with Gasteiger partial charge < -0.3 is 14.4 Å². The molecule has 96 valence electrons. The van der Waals surface area contributed by atoms with Crippen LogP contribution in [0.3, 0.4) is 0 Å². The summed E-state index contributed by atoms with van der Waals surface area (Å²) in [7, 11) is 0. The number of rotatable bonds is 6. The first kappa shape index (κ1) is 11.4. The summed E-state index contributed by atoms with van der Waals surface area (Å²) in [5, 5.41) is 11.0. The van der Waals surface area contributed by atoms with Crippen LogP contribution in [0.4, 0.5) is 11.4 Å². The van der Waals surface area contributed by atoms with Crippen LogP contribution < -0.4 is 4.90 Å². The summed E-state index contributed by atoms with van der Waals surface area (Å²) >= 11 is 0. The van der Waals surface area contributed by atoms with Crippen molar-refractivity contribution in [2.75, 3.05) is 31.2 Å². The number of epoxide rings is 2. The molecule has 0 aliphatic carbocycles. The van der Waals surface area contributed by atoms with Crippen molar-refractivity contribution in [1.82, 2.24) is 0 Å². The minimum absolute atomic E-state index is 0.138. The molecular weight excluding hydrogens is 236 g/mol. The van der Waals surface area contributed by atoms with Crippen molar-refractivity contribution in [3.05, 3.63) is 34.4 Å². The van der Waals surface area contributed by atoms with Crippen LogP contribution in [0.25, 0.3) is 0 Å². The van der Waals surface area contributed by atoms with Crippen LogP contribution in [0.2, 0.25) is 0 Å². The van der Waals surface area contributed by atoms with Crippen LogP contribution >= 0.6 is 0 Å². The van der Waals surface area contributed by atoms with E-state index in [4.69, 9.17) is 9.47 Å². The Kier molecular flexibility index (Phi) is 2.89. The molecule has 2 fully saturated rings. The van der Waals surface area contributed by atoms with Gasteiger partial charge in [0.15, 0.2) is 0 Å². The van der Waals surface area contributed by atoms with Gasteiger partial charge in [0.2, 0.25) is 0 Å². The lowest BCUT2D eigenvalue weighted by atomic mass is 10.2. The zero-order chi connectivity index (χ0) is 12.5. The summed E-state index contributed by atoms with van der Waals surface area (Å²) in [5.74, 6) is 0. The minimum Gasteiger partial charge on any atom is -0.371 e. The van der Waals surface area contributed by atoms with Crippen molar-refractivity contribution in [2.24, 2.45) is 0 Å². The highest BCUT2D eigenvalue weighted by atomic mass is 16.6. The van der Waals surface area contributed by atoms with E-state index in [0.29, 0.717) is 18.8 Å². The molecule has 1 unspecified atom stereocenters. The second kappa shape index (κ2) is 4.55. The maximum atomic E-state index is 11.0. The summed E-state index contributed by atoms with van der Waals surface area (Å²) in [4.78, 5) is 12.7. The molecule has 2 aliphatic rings. The minimum atomic E-state index is -0.343. The van der Waals surface area contributed by atoms with E-state index in [2.05, 4.69) is 0 Å². The van der Waals surface area contributed by atoms with E-state index in [1.807, 2.05) is 11.0 Å². The molecule has 1 aromatic carbocycles. The van der Waals surface area contributed by atoms with Gasteiger partial charge in [-0.2, -0.15) is 0 Å². The van der Waals surface area contributed by atoms with Crippen LogP contribution in [0.5, 0.6) is 0 Å². The van der Waals surface area contributed by atoms with Crippen LogP contribution in [0, 0.1) is 10.1 Å². The van der Waals surface area contributed by atoms with Crippen LogP contribution in [0.1, 0.15) is 0 Å². The van der Waals surface area contributed by atoms with E-state index in [-0.39, 0.29) is 22.8 Å². The molecule has 6 nitrogen and oxygen atoms in total. The second-order valence-electron chi connectivity index (χ2n) is 4.56. The smallest absolute Gasteiger partial charge is 0.292 e. The average molecular weight is 250 g/mol. The quantitative estimate of drug-likeness (QED) is 0.431. The topological polar surface area (TPSA) is 71.4 Å². The predicted molar refractivity (Wildman–Crippen MR) is 64.8 cm³/mol. The van der Waals surface area contributed by atoms with Crippen molar-refractivity contribution in [3.63, 3.8) is 0 Å². The fourth-order valence-corrected chi connectivity index (χ4v) is 2.00. The first-order valence-electron chi connectivity index (χ1n) is 5.95. The van der Waals surface area contributed by atoms with E-state index in [0.717, 1.165) is 13.2 Å². The molecular formula is C12H14N2O4. The molecule has 18 heavy (non-hydrogen) atoms. The first-order chi connectivity index (χ1) is 8.74. The van der Waals surface area contributed by atoms with Gasteiger partial charge in [0.25, 0.3) is 5.69 Å². The molecule has 0 amide bonds. The third-order valence-electron chi connectivity index (χ3n) is 3.07. The fourth-order valence-electron chi connectivity index (χ4n) is 2.00. The number of nitro benzene ring substituents is 1. The zero-order valence-electron chi connectivity index (χ0n) is 9.82. The molecule has 2 atom stereocenters. The van der Waals surface area contributed by atoms with Gasteiger partial charge in [-0.15, -0.1) is 0 Å². The van der Waals surface area contributed by atoms with Gasteiger partial charge in [-0.1, -0.05) is 12.1 Å². The molecule has 2 saturated heterocycles. The number of ether oxygens (including phenoxy) is 2. The molecule has 0 spiro atoms. The van der Waals surface area contributed by atoms with Gasteiger partial charge in [-0.3, -0.25) is 10.1 Å². The van der Waals surface area contributed by atoms with Gasteiger partial charge in [-0.25, -0.2) is 0 Å². The third-order valence-corrected chi connectivity index (χ3v) is 3.07. The van der Waals surface area contributed by atoms with Crippen molar-refractivity contribution < 1.29 is 14.4 Å². The molecule has 3 rings (SSSR count). The first-order valence-corrected chi connectivity index (χ1v) is 5.95. The third kappa shape index (κ3) is 2.60. The van der Waals surface area contributed by atoms with E-state index in [9.17, 15) is 10.1 Å². The van der Waals surface area contributed by atoms with E-state index in [1.165, 1.54) is 6.07 Å². The highest BCUT2D eigenvalue weighted by molar-refractivity contribution is 5.63. The Bertz CT molecular complexity index is 443. The van der Waals surface area contributed by atoms with Crippen LogP contribution in [-0.4, -0.2) is 43.4 Å². The summed E-state index contributed by atoms with van der Waals surface area (Å²) in [6, 6.07) is 6.81. The van der Waals surface area contributed by atoms with Gasteiger partial charge in [-0.05, 0) is 6.07 Å². The van der Waals surface area contributed by atoms with E-state index >= 15 is 0 Å². The number of nitro groups is 1. The monoisotopic (exact) mass is 250 g/mol. The summed E-state index contributed by atoms with van der Waals surface area (Å²) in [6.45, 7) is 2.85. The molecule has 0 bridgehead atoms. The highest BCUT2D eigenvalue weighted by Crippen LogP contribution is 2.30. The number of nitrogens with zero attached hydrogens (tertiary/aromatic N) is 2. The highest BCUT2D eigenvalue weighted by Gasteiger charge is 2.33. The lowest BCUT2D eigenvalue weighted by molar-refractivity contribution is -0.384. The molecule has 0 saturated carbocycles. The Balaban J connectivity index is 1.84. The van der Waals surface area contributed by atoms with Gasteiger partial charge in [0.05, 0.1) is 30.3 Å². The second-order valence-corrected chi connectivity index (χ2v) is 4.56. The molecule has 1 aromatic rings. The number of para-hydroxylation sites is 2. The molecule has 2 aliphatic heterocycles. The lowest BCUT2D eigenvalue weighted by Crippen LogP contribution is -2.32. The van der Waals surface area contributed by atoms with Crippen molar-refractivity contribution in [2.45, 2.75) is 12.2 Å². The molecule has 2 heterocycles. The summed E-state index contributed by atoms with van der Waals surface area (Å²) in [5.41, 5.74) is 0.785. The van der Waals surface area contributed by atoms with Crippen molar-refractivity contribution in [3.8, 4) is 0 Å². The van der Waals surface area contributed by atoms with Crippen molar-refractivity contribution in [1.29, 1.82) is 0 Å². The van der Waals surface area contributed by atoms with E-state index in [1.54, 1.807) is 12.1 Å². The Hall–Kier alpha value is -1.66. The zero-order valence-corrected chi connectivity index (χ0v) is 9.82. The molecule has 0 N–H and O–H groups in total. The van der Waals surface area contributed by atoms with Gasteiger partial charge >= 0.3 is 0 Å². The lowest BCUT2D eigenvalue weighted by Gasteiger charge is -2.22. The summed E-state index contributed by atoms with van der Waals surface area (Å²) < 4.78 is 10.4. The van der Waals surface area contributed by atoms with Gasteiger partial charge in [0.1, 0.15) is 5.69 Å². The number of benzene rings is 1. The Morgan fingerprint density at radius 1 is 1.22 bits per heavy atom. The number of hydrogen-bond acceptors (Lipinski definition) is 5. The number of hydrogen-bond donors (Lipinski definition) is 0. The predicted octanol–water partition coefficient (Wildman–Crippen LogP) is 1.20. The van der Waals surface area contributed by atoms with Crippen LogP contribution in [-0.2, 0) is 9.47 Å². The van der Waals surface area contributed by atoms with Crippen LogP contribution in [0.15, 0.2) is 24.3 Å². The largest absolute Gasteiger partial charge is 0.371 e. The number of anilines is 1.